The first-order valence-electron chi connectivity index (χ1n) is 4.58. The molecule has 1 heterocycles. The molecular weight excluding hydrogens is 241 g/mol. The van der Waals surface area contributed by atoms with Crippen LogP contribution in [0.1, 0.15) is 0 Å². The average Bonchev–Trinajstić information content (AvgIpc) is 2.19. The topological polar surface area (TPSA) is 53.6 Å². The maximum absolute atomic E-state index is 10.7. The van der Waals surface area contributed by atoms with E-state index >= 15 is 0 Å². The molecule has 0 bridgehead atoms. The number of ether oxygens (including phenoxy) is 1. The van der Waals surface area contributed by atoms with Crippen molar-refractivity contribution < 1.29 is 9.53 Å². The number of amides is 1. The van der Waals surface area contributed by atoms with Crippen LogP contribution in [0, 0.1) is 0 Å². The van der Waals surface area contributed by atoms with Crippen LogP contribution in [0.3, 0.4) is 0 Å². The van der Waals surface area contributed by atoms with Gasteiger partial charge in [-0.05, 0) is 0 Å². The fourth-order valence-electron chi connectivity index (χ4n) is 1.32. The van der Waals surface area contributed by atoms with Gasteiger partial charge < -0.3 is 15.4 Å². The van der Waals surface area contributed by atoms with E-state index in [-0.39, 0.29) is 30.9 Å². The van der Waals surface area contributed by atoms with Gasteiger partial charge in [-0.3, -0.25) is 4.90 Å². The first-order valence-corrected chi connectivity index (χ1v) is 4.58. The first-order chi connectivity index (χ1) is 6.33. The molecule has 2 N–H and O–H groups in total. The third-order valence-corrected chi connectivity index (χ3v) is 2.09. The van der Waals surface area contributed by atoms with Crippen molar-refractivity contribution in [1.82, 2.24) is 15.5 Å². The van der Waals surface area contributed by atoms with Gasteiger partial charge in [0.25, 0.3) is 0 Å². The summed E-state index contributed by atoms with van der Waals surface area (Å²) in [5.74, 6) is 0. The molecule has 0 spiro atoms. The third kappa shape index (κ3) is 7.67. The number of piperazine rings is 1. The SMILES string of the molecule is COC(=O)NCCN1CCNCC1.Cl.Cl. The number of halogens is 2. The van der Waals surface area contributed by atoms with Gasteiger partial charge in [-0.1, -0.05) is 0 Å². The molecule has 1 aliphatic heterocycles. The van der Waals surface area contributed by atoms with Crippen LogP contribution >= 0.6 is 24.8 Å². The van der Waals surface area contributed by atoms with E-state index in [1.165, 1.54) is 7.11 Å². The molecule has 0 aromatic rings. The van der Waals surface area contributed by atoms with Gasteiger partial charge in [-0.2, -0.15) is 0 Å². The number of carbonyl (C=O) groups is 1. The van der Waals surface area contributed by atoms with Crippen molar-refractivity contribution in [2.75, 3.05) is 46.4 Å². The minimum Gasteiger partial charge on any atom is -0.453 e. The van der Waals surface area contributed by atoms with Crippen LogP contribution in [0.15, 0.2) is 0 Å². The van der Waals surface area contributed by atoms with Crippen molar-refractivity contribution in [3.63, 3.8) is 0 Å². The molecule has 1 aliphatic rings. The monoisotopic (exact) mass is 259 g/mol. The Labute approximate surface area is 103 Å². The number of carbonyl (C=O) groups excluding carboxylic acids is 1. The van der Waals surface area contributed by atoms with E-state index in [1.807, 2.05) is 0 Å². The molecule has 1 fully saturated rings. The Bertz CT molecular complexity index is 166. The molecule has 0 saturated carbocycles. The number of nitrogens with one attached hydrogen (secondary N) is 2. The lowest BCUT2D eigenvalue weighted by Gasteiger charge is -2.26. The van der Waals surface area contributed by atoms with E-state index in [4.69, 9.17) is 0 Å². The normalized spacial score (nSPS) is 15.8. The number of rotatable bonds is 3. The second-order valence-corrected chi connectivity index (χ2v) is 3.01. The second kappa shape index (κ2) is 10.3. The number of nitrogens with zero attached hydrogens (tertiary/aromatic N) is 1. The van der Waals surface area contributed by atoms with Crippen LogP contribution in [-0.2, 0) is 4.74 Å². The lowest BCUT2D eigenvalue weighted by Crippen LogP contribution is -2.46. The number of alkyl carbamates (subject to hydrolysis) is 1. The van der Waals surface area contributed by atoms with Gasteiger partial charge in [0.15, 0.2) is 0 Å². The summed E-state index contributed by atoms with van der Waals surface area (Å²) in [6, 6.07) is 0. The molecule has 0 radical (unpaired) electrons. The molecule has 1 amide bonds. The average molecular weight is 260 g/mol. The van der Waals surface area contributed by atoms with E-state index in [2.05, 4.69) is 20.3 Å². The van der Waals surface area contributed by atoms with Crippen LogP contribution in [-0.4, -0.2) is 57.4 Å². The van der Waals surface area contributed by atoms with Crippen LogP contribution in [0.4, 0.5) is 4.79 Å². The summed E-state index contributed by atoms with van der Waals surface area (Å²) in [5.41, 5.74) is 0. The summed E-state index contributed by atoms with van der Waals surface area (Å²) in [5, 5.41) is 5.93. The molecule has 1 rings (SSSR count). The molecule has 7 heteroatoms. The standard InChI is InChI=1S/C8H17N3O2.2ClH/c1-13-8(12)10-4-7-11-5-2-9-3-6-11;;/h9H,2-7H2,1H3,(H,10,12);2*1H. The van der Waals surface area contributed by atoms with Gasteiger partial charge in [0.1, 0.15) is 0 Å². The first kappa shape index (κ1) is 17.2. The highest BCUT2D eigenvalue weighted by Crippen LogP contribution is 1.89. The van der Waals surface area contributed by atoms with Gasteiger partial charge in [0, 0.05) is 39.3 Å². The van der Waals surface area contributed by atoms with E-state index in [0.717, 1.165) is 32.7 Å². The van der Waals surface area contributed by atoms with Crippen molar-refractivity contribution in [3.8, 4) is 0 Å². The van der Waals surface area contributed by atoms with Gasteiger partial charge in [-0.15, -0.1) is 24.8 Å². The molecule has 0 aromatic carbocycles. The summed E-state index contributed by atoms with van der Waals surface area (Å²) in [7, 11) is 1.38. The van der Waals surface area contributed by atoms with Crippen molar-refractivity contribution in [2.24, 2.45) is 0 Å². The summed E-state index contributed by atoms with van der Waals surface area (Å²) in [4.78, 5) is 13.0. The summed E-state index contributed by atoms with van der Waals surface area (Å²) in [6.45, 7) is 5.76. The summed E-state index contributed by atoms with van der Waals surface area (Å²) >= 11 is 0. The van der Waals surface area contributed by atoms with Crippen LogP contribution in [0.25, 0.3) is 0 Å². The molecular formula is C8H19Cl2N3O2. The minimum atomic E-state index is -0.352. The van der Waals surface area contributed by atoms with Crippen molar-refractivity contribution in [1.29, 1.82) is 0 Å². The molecule has 5 nitrogen and oxygen atoms in total. The number of hydrogen-bond donors (Lipinski definition) is 2. The zero-order chi connectivity index (χ0) is 9.52. The van der Waals surface area contributed by atoms with Crippen LogP contribution < -0.4 is 10.6 Å². The fraction of sp³-hybridized carbons (Fsp3) is 0.875. The quantitative estimate of drug-likeness (QED) is 0.755. The van der Waals surface area contributed by atoms with E-state index < -0.39 is 0 Å². The van der Waals surface area contributed by atoms with E-state index in [1.54, 1.807) is 0 Å². The largest absolute Gasteiger partial charge is 0.453 e. The highest BCUT2D eigenvalue weighted by atomic mass is 35.5. The van der Waals surface area contributed by atoms with Gasteiger partial charge in [0.05, 0.1) is 7.11 Å². The predicted molar refractivity (Wildman–Crippen MR) is 64.2 cm³/mol. The maximum atomic E-state index is 10.7. The Balaban J connectivity index is 0. The number of hydrogen-bond acceptors (Lipinski definition) is 4. The number of methoxy groups -OCH3 is 1. The van der Waals surface area contributed by atoms with Crippen LogP contribution in [0.5, 0.6) is 0 Å². The predicted octanol–water partition coefficient (Wildman–Crippen LogP) is 0.0912. The van der Waals surface area contributed by atoms with E-state index in [9.17, 15) is 4.79 Å². The molecule has 15 heavy (non-hydrogen) atoms. The maximum Gasteiger partial charge on any atom is 0.406 e. The van der Waals surface area contributed by atoms with Crippen LogP contribution in [0.2, 0.25) is 0 Å². The fourth-order valence-corrected chi connectivity index (χ4v) is 1.32. The molecule has 0 aliphatic carbocycles. The van der Waals surface area contributed by atoms with Gasteiger partial charge in [-0.25, -0.2) is 4.79 Å². The Kier molecular flexibility index (Phi) is 11.8. The van der Waals surface area contributed by atoms with Crippen molar-refractivity contribution in [3.05, 3.63) is 0 Å². The lowest BCUT2D eigenvalue weighted by atomic mass is 10.3. The molecule has 0 unspecified atom stereocenters. The Hall–Kier alpha value is -0.230. The summed E-state index contributed by atoms with van der Waals surface area (Å²) < 4.78 is 4.46. The zero-order valence-electron chi connectivity index (χ0n) is 8.82. The second-order valence-electron chi connectivity index (χ2n) is 3.01. The Morgan fingerprint density at radius 3 is 2.53 bits per heavy atom. The smallest absolute Gasteiger partial charge is 0.406 e. The lowest BCUT2D eigenvalue weighted by molar-refractivity contribution is 0.167. The zero-order valence-corrected chi connectivity index (χ0v) is 10.5. The van der Waals surface area contributed by atoms with Crippen molar-refractivity contribution in [2.45, 2.75) is 0 Å². The Morgan fingerprint density at radius 1 is 1.40 bits per heavy atom. The minimum absolute atomic E-state index is 0. The van der Waals surface area contributed by atoms with E-state index in [0.29, 0.717) is 6.54 Å². The van der Waals surface area contributed by atoms with Gasteiger partial charge >= 0.3 is 6.09 Å². The Morgan fingerprint density at radius 2 is 2.00 bits per heavy atom. The highest BCUT2D eigenvalue weighted by Gasteiger charge is 2.08. The van der Waals surface area contributed by atoms with Gasteiger partial charge in [0.2, 0.25) is 0 Å². The molecule has 0 aromatic heterocycles. The summed E-state index contributed by atoms with van der Waals surface area (Å²) in [6.07, 6.45) is -0.352. The van der Waals surface area contributed by atoms with Crippen molar-refractivity contribution >= 4 is 30.9 Å². The molecule has 1 saturated heterocycles. The molecule has 92 valence electrons. The highest BCUT2D eigenvalue weighted by molar-refractivity contribution is 5.85. The third-order valence-electron chi connectivity index (χ3n) is 2.09. The molecule has 0 atom stereocenters.